The third-order valence-electron chi connectivity index (χ3n) is 9.48. The Labute approximate surface area is 304 Å². The number of fused-ring (bicyclic) bond motifs is 1. The van der Waals surface area contributed by atoms with Crippen LogP contribution in [0.25, 0.3) is 22.7 Å². The Bertz CT molecular complexity index is 1940. The SMILES string of the molecule is Cc1ccc(-n2nc(C(C)(C)C)cc2NC(=O)CN2CCC(Sc3ccc4nnc(-c5cccc(OCCN6CCOCC6)c5)n4c3)CC2)cc1. The minimum atomic E-state index is -0.140. The minimum Gasteiger partial charge on any atom is -0.492 e. The van der Waals surface area contributed by atoms with Crippen molar-refractivity contribution in [3.63, 3.8) is 0 Å². The van der Waals surface area contributed by atoms with Crippen LogP contribution in [0.4, 0.5) is 5.82 Å². The average Bonchev–Trinajstić information content (AvgIpc) is 3.75. The molecule has 1 amide bonds. The first-order chi connectivity index (χ1) is 24.7. The summed E-state index contributed by atoms with van der Waals surface area (Å²) in [5, 5.41) is 17.5. The van der Waals surface area contributed by atoms with Crippen molar-refractivity contribution in [1.29, 1.82) is 0 Å². The molecule has 12 heteroatoms. The number of nitrogens with one attached hydrogen (secondary N) is 1. The van der Waals surface area contributed by atoms with Crippen LogP contribution in [-0.2, 0) is 14.9 Å². The second-order valence-corrected chi connectivity index (χ2v) is 15.9. The summed E-state index contributed by atoms with van der Waals surface area (Å²) in [7, 11) is 0. The zero-order valence-electron chi connectivity index (χ0n) is 30.0. The molecule has 2 fully saturated rings. The maximum Gasteiger partial charge on any atom is 0.239 e. The largest absolute Gasteiger partial charge is 0.492 e. The fourth-order valence-corrected chi connectivity index (χ4v) is 7.61. The number of anilines is 1. The molecule has 2 saturated heterocycles. The number of morpholine rings is 1. The number of aryl methyl sites for hydroxylation is 1. The van der Waals surface area contributed by atoms with Crippen LogP contribution < -0.4 is 10.1 Å². The molecule has 51 heavy (non-hydrogen) atoms. The van der Waals surface area contributed by atoms with Gasteiger partial charge in [-0.15, -0.1) is 22.0 Å². The normalized spacial score (nSPS) is 16.5. The Morgan fingerprint density at radius 1 is 0.961 bits per heavy atom. The molecule has 5 aromatic rings. The number of rotatable bonds is 11. The Morgan fingerprint density at radius 3 is 2.51 bits per heavy atom. The number of piperidine rings is 1. The first-order valence-corrected chi connectivity index (χ1v) is 18.8. The maximum atomic E-state index is 13.3. The summed E-state index contributed by atoms with van der Waals surface area (Å²) in [4.78, 5) is 19.1. The highest BCUT2D eigenvalue weighted by molar-refractivity contribution is 8.00. The van der Waals surface area contributed by atoms with E-state index in [1.165, 1.54) is 10.5 Å². The van der Waals surface area contributed by atoms with E-state index in [9.17, 15) is 4.79 Å². The molecule has 11 nitrogen and oxygen atoms in total. The fraction of sp³-hybridized carbons (Fsp3) is 0.436. The lowest BCUT2D eigenvalue weighted by molar-refractivity contribution is -0.117. The highest BCUT2D eigenvalue weighted by atomic mass is 32.2. The van der Waals surface area contributed by atoms with Gasteiger partial charge in [0.05, 0.1) is 31.1 Å². The van der Waals surface area contributed by atoms with Crippen molar-refractivity contribution in [3.8, 4) is 22.8 Å². The molecule has 0 atom stereocenters. The van der Waals surface area contributed by atoms with Gasteiger partial charge in [-0.2, -0.15) is 5.10 Å². The third kappa shape index (κ3) is 8.81. The number of hydrogen-bond acceptors (Lipinski definition) is 9. The molecule has 0 radical (unpaired) electrons. The molecule has 0 aliphatic carbocycles. The second-order valence-electron chi connectivity index (χ2n) is 14.5. The average molecular weight is 709 g/mol. The standard InChI is InChI=1S/C39H48N8O3S/c1-28-8-10-30(11-9-28)47-36(25-34(43-47)39(2,3)4)40-37(48)27-45-16-14-32(15-17-45)51-33-12-13-35-41-42-38(46(35)26-33)29-6-5-7-31(24-29)50-23-20-44-18-21-49-22-19-44/h5-13,24-26,32H,14-23,27H2,1-4H3,(H,40,48). The van der Waals surface area contributed by atoms with E-state index in [1.54, 1.807) is 0 Å². The van der Waals surface area contributed by atoms with Gasteiger partial charge in [-0.25, -0.2) is 4.68 Å². The van der Waals surface area contributed by atoms with Crippen LogP contribution in [-0.4, -0.2) is 104 Å². The number of hydrogen-bond donors (Lipinski definition) is 1. The number of carbonyl (C=O) groups is 1. The molecule has 3 aromatic heterocycles. The molecule has 5 heterocycles. The molecule has 0 spiro atoms. The molecule has 268 valence electrons. The maximum absolute atomic E-state index is 13.3. The Kier molecular flexibility index (Phi) is 10.7. The second kappa shape index (κ2) is 15.6. The Hall–Kier alpha value is -4.23. The van der Waals surface area contributed by atoms with E-state index in [0.717, 1.165) is 92.9 Å². The van der Waals surface area contributed by atoms with Gasteiger partial charge in [0, 0.05) is 53.0 Å². The van der Waals surface area contributed by atoms with Crippen molar-refractivity contribution in [3.05, 3.63) is 84.2 Å². The van der Waals surface area contributed by atoms with Crippen molar-refractivity contribution in [2.75, 3.05) is 64.4 Å². The molecule has 2 aromatic carbocycles. The van der Waals surface area contributed by atoms with Gasteiger partial charge in [-0.3, -0.25) is 19.0 Å². The number of likely N-dealkylation sites (tertiary alicyclic amines) is 1. The number of pyridine rings is 1. The van der Waals surface area contributed by atoms with Gasteiger partial charge in [-0.05, 0) is 69.3 Å². The van der Waals surface area contributed by atoms with E-state index < -0.39 is 0 Å². The van der Waals surface area contributed by atoms with E-state index in [2.05, 4.69) is 87.9 Å². The highest BCUT2D eigenvalue weighted by Crippen LogP contribution is 2.32. The molecule has 1 N–H and O–H groups in total. The van der Waals surface area contributed by atoms with Crippen molar-refractivity contribution in [2.24, 2.45) is 0 Å². The number of amides is 1. The van der Waals surface area contributed by atoms with E-state index in [0.29, 0.717) is 24.2 Å². The molecule has 0 bridgehead atoms. The summed E-state index contributed by atoms with van der Waals surface area (Å²) >= 11 is 1.89. The molecule has 7 rings (SSSR count). The van der Waals surface area contributed by atoms with Crippen molar-refractivity contribution < 1.29 is 14.3 Å². The van der Waals surface area contributed by atoms with Gasteiger partial charge in [0.25, 0.3) is 0 Å². The zero-order chi connectivity index (χ0) is 35.4. The number of benzene rings is 2. The molecule has 0 unspecified atom stereocenters. The number of carbonyl (C=O) groups excluding carboxylic acids is 1. The monoisotopic (exact) mass is 708 g/mol. The molecular formula is C39H48N8O3S. The number of ether oxygens (including phenoxy) is 2. The third-order valence-corrected chi connectivity index (χ3v) is 10.8. The minimum absolute atomic E-state index is 0.0213. The van der Waals surface area contributed by atoms with Gasteiger partial charge in [0.2, 0.25) is 5.91 Å². The lowest BCUT2D eigenvalue weighted by Crippen LogP contribution is -2.40. The van der Waals surface area contributed by atoms with Crippen molar-refractivity contribution in [1.82, 2.24) is 34.2 Å². The Morgan fingerprint density at radius 2 is 1.75 bits per heavy atom. The molecule has 2 aliphatic rings. The first-order valence-electron chi connectivity index (χ1n) is 17.9. The van der Waals surface area contributed by atoms with E-state index in [-0.39, 0.29) is 11.3 Å². The smallest absolute Gasteiger partial charge is 0.239 e. The van der Waals surface area contributed by atoms with Gasteiger partial charge in [0.15, 0.2) is 11.5 Å². The van der Waals surface area contributed by atoms with Gasteiger partial charge >= 0.3 is 0 Å². The number of aromatic nitrogens is 5. The van der Waals surface area contributed by atoms with Crippen molar-refractivity contribution >= 4 is 29.1 Å². The van der Waals surface area contributed by atoms with Gasteiger partial charge < -0.3 is 14.8 Å². The topological polar surface area (TPSA) is 102 Å². The molecule has 0 saturated carbocycles. The van der Waals surface area contributed by atoms with Crippen molar-refractivity contribution in [2.45, 2.75) is 56.1 Å². The van der Waals surface area contributed by atoms with Crippen LogP contribution in [0, 0.1) is 6.92 Å². The quantitative estimate of drug-likeness (QED) is 0.175. The molecule has 2 aliphatic heterocycles. The van der Waals surface area contributed by atoms with Crippen LogP contribution in [0.15, 0.2) is 77.8 Å². The molecular weight excluding hydrogens is 661 g/mol. The summed E-state index contributed by atoms with van der Waals surface area (Å²) in [6, 6.07) is 22.5. The summed E-state index contributed by atoms with van der Waals surface area (Å²) in [5.41, 5.74) is 4.69. The predicted octanol–water partition coefficient (Wildman–Crippen LogP) is 6.09. The van der Waals surface area contributed by atoms with Crippen LogP contribution in [0.1, 0.15) is 44.9 Å². The van der Waals surface area contributed by atoms with Gasteiger partial charge in [-0.1, -0.05) is 50.6 Å². The Balaban J connectivity index is 0.937. The predicted molar refractivity (Wildman–Crippen MR) is 202 cm³/mol. The van der Waals surface area contributed by atoms with Crippen LogP contribution >= 0.6 is 11.8 Å². The fourth-order valence-electron chi connectivity index (χ4n) is 6.46. The van der Waals surface area contributed by atoms with Crippen LogP contribution in [0.5, 0.6) is 5.75 Å². The zero-order valence-corrected chi connectivity index (χ0v) is 30.9. The van der Waals surface area contributed by atoms with E-state index >= 15 is 0 Å². The summed E-state index contributed by atoms with van der Waals surface area (Å²) in [6.07, 6.45) is 4.15. The van der Waals surface area contributed by atoms with E-state index in [1.807, 2.05) is 58.9 Å². The lowest BCUT2D eigenvalue weighted by Gasteiger charge is -2.31. The lowest BCUT2D eigenvalue weighted by atomic mass is 9.92. The van der Waals surface area contributed by atoms with Crippen LogP contribution in [0.3, 0.4) is 0 Å². The first kappa shape index (κ1) is 35.2. The summed E-state index contributed by atoms with van der Waals surface area (Å²) in [5.74, 6) is 2.30. The number of nitrogens with zero attached hydrogens (tertiary/aromatic N) is 7. The van der Waals surface area contributed by atoms with Gasteiger partial charge in [0.1, 0.15) is 18.2 Å². The highest BCUT2D eigenvalue weighted by Gasteiger charge is 2.25. The number of thioether (sulfide) groups is 1. The van der Waals surface area contributed by atoms with E-state index in [4.69, 9.17) is 14.6 Å². The summed E-state index contributed by atoms with van der Waals surface area (Å²) < 4.78 is 15.5. The summed E-state index contributed by atoms with van der Waals surface area (Å²) in [6.45, 7) is 15.6. The van der Waals surface area contributed by atoms with Crippen LogP contribution in [0.2, 0.25) is 0 Å².